The Balaban J connectivity index is 0.00000256. The second-order valence-electron chi connectivity index (χ2n) is 5.71. The summed E-state index contributed by atoms with van der Waals surface area (Å²) in [5.74, 6) is 0.222. The number of hydrogen-bond acceptors (Lipinski definition) is 2. The van der Waals surface area contributed by atoms with Crippen LogP contribution in [0.15, 0.2) is 0 Å². The molecule has 4 heteroatoms. The first-order chi connectivity index (χ1) is 7.53. The van der Waals surface area contributed by atoms with Crippen LogP contribution in [0.1, 0.15) is 52.4 Å². The van der Waals surface area contributed by atoms with Gasteiger partial charge in [0.05, 0.1) is 0 Å². The van der Waals surface area contributed by atoms with Gasteiger partial charge in [0.1, 0.15) is 0 Å². The third-order valence-corrected chi connectivity index (χ3v) is 3.53. The van der Waals surface area contributed by atoms with E-state index < -0.39 is 0 Å². The van der Waals surface area contributed by atoms with E-state index in [1.165, 1.54) is 12.8 Å². The third-order valence-electron chi connectivity index (χ3n) is 3.53. The molecule has 1 amide bonds. The molecule has 0 aliphatic heterocycles. The molecule has 17 heavy (non-hydrogen) atoms. The Labute approximate surface area is 112 Å². The van der Waals surface area contributed by atoms with Gasteiger partial charge in [0.25, 0.3) is 0 Å². The van der Waals surface area contributed by atoms with E-state index in [0.717, 1.165) is 25.8 Å². The number of hydrogen-bond donors (Lipinski definition) is 2. The predicted octanol–water partition coefficient (Wildman–Crippen LogP) is 2.49. The number of amides is 1. The van der Waals surface area contributed by atoms with Crippen LogP contribution < -0.4 is 10.6 Å². The molecule has 0 aromatic carbocycles. The van der Waals surface area contributed by atoms with Crippen LogP contribution >= 0.6 is 12.4 Å². The van der Waals surface area contributed by atoms with Crippen molar-refractivity contribution in [2.45, 2.75) is 58.4 Å². The molecule has 0 aromatic rings. The molecule has 0 unspecified atom stereocenters. The van der Waals surface area contributed by atoms with Crippen LogP contribution in [0.4, 0.5) is 0 Å². The van der Waals surface area contributed by atoms with E-state index in [9.17, 15) is 4.79 Å². The lowest BCUT2D eigenvalue weighted by Gasteiger charge is -2.34. The highest BCUT2D eigenvalue weighted by Gasteiger charge is 2.27. The van der Waals surface area contributed by atoms with Gasteiger partial charge in [-0.2, -0.15) is 0 Å². The lowest BCUT2D eigenvalue weighted by Crippen LogP contribution is -2.39. The molecule has 0 spiro atoms. The first-order valence-corrected chi connectivity index (χ1v) is 6.47. The Kier molecular flexibility index (Phi) is 7.80. The van der Waals surface area contributed by atoms with E-state index >= 15 is 0 Å². The minimum atomic E-state index is 0. The Morgan fingerprint density at radius 2 is 1.88 bits per heavy atom. The molecule has 1 rings (SSSR count). The van der Waals surface area contributed by atoms with Crippen LogP contribution in [0.2, 0.25) is 0 Å². The second kappa shape index (κ2) is 7.93. The van der Waals surface area contributed by atoms with Gasteiger partial charge in [-0.3, -0.25) is 4.79 Å². The zero-order chi connectivity index (χ0) is 12.0. The van der Waals surface area contributed by atoms with E-state index in [1.807, 2.05) is 7.05 Å². The molecule has 3 nitrogen and oxygen atoms in total. The molecular weight excluding hydrogens is 236 g/mol. The fourth-order valence-corrected chi connectivity index (χ4v) is 2.27. The monoisotopic (exact) mass is 262 g/mol. The highest BCUT2D eigenvalue weighted by atomic mass is 35.5. The largest absolute Gasteiger partial charge is 0.353 e. The molecule has 1 saturated carbocycles. The Morgan fingerprint density at radius 3 is 2.41 bits per heavy atom. The van der Waals surface area contributed by atoms with Crippen molar-refractivity contribution in [3.05, 3.63) is 0 Å². The highest BCUT2D eigenvalue weighted by molar-refractivity contribution is 5.85. The zero-order valence-corrected chi connectivity index (χ0v) is 12.2. The van der Waals surface area contributed by atoms with Gasteiger partial charge in [-0.15, -0.1) is 12.4 Å². The average Bonchev–Trinajstić information content (AvgIpc) is 2.22. The molecule has 1 aliphatic rings. The zero-order valence-electron chi connectivity index (χ0n) is 11.3. The summed E-state index contributed by atoms with van der Waals surface area (Å²) in [6, 6.07) is 0.426. The Morgan fingerprint density at radius 1 is 1.29 bits per heavy atom. The van der Waals surface area contributed by atoms with Crippen molar-refractivity contribution < 1.29 is 4.79 Å². The molecule has 0 aromatic heterocycles. The fraction of sp³-hybridized carbons (Fsp3) is 0.923. The van der Waals surface area contributed by atoms with Crippen LogP contribution in [0, 0.1) is 5.41 Å². The lowest BCUT2D eigenvalue weighted by atomic mass is 9.75. The van der Waals surface area contributed by atoms with Gasteiger partial charge in [0.15, 0.2) is 0 Å². The van der Waals surface area contributed by atoms with E-state index in [4.69, 9.17) is 0 Å². The van der Waals surface area contributed by atoms with Crippen molar-refractivity contribution >= 4 is 18.3 Å². The Hall–Kier alpha value is -0.280. The maximum Gasteiger partial charge on any atom is 0.220 e. The van der Waals surface area contributed by atoms with Crippen LogP contribution in [-0.2, 0) is 4.79 Å². The van der Waals surface area contributed by atoms with Gasteiger partial charge in [-0.05, 0) is 51.1 Å². The summed E-state index contributed by atoms with van der Waals surface area (Å²) in [4.78, 5) is 11.6. The number of rotatable bonds is 5. The van der Waals surface area contributed by atoms with Crippen molar-refractivity contribution in [1.82, 2.24) is 10.6 Å². The van der Waals surface area contributed by atoms with Crippen molar-refractivity contribution in [3.63, 3.8) is 0 Å². The molecule has 0 bridgehead atoms. The predicted molar refractivity (Wildman–Crippen MR) is 74.6 cm³/mol. The maximum atomic E-state index is 11.6. The molecule has 0 heterocycles. The summed E-state index contributed by atoms with van der Waals surface area (Å²) < 4.78 is 0. The summed E-state index contributed by atoms with van der Waals surface area (Å²) >= 11 is 0. The van der Waals surface area contributed by atoms with E-state index in [1.54, 1.807) is 0 Å². The number of nitrogens with one attached hydrogen (secondary N) is 2. The molecule has 0 atom stereocenters. The molecule has 1 aliphatic carbocycles. The minimum absolute atomic E-state index is 0. The molecule has 0 radical (unpaired) electrons. The summed E-state index contributed by atoms with van der Waals surface area (Å²) in [6.07, 6.45) is 6.33. The highest BCUT2D eigenvalue weighted by Crippen LogP contribution is 2.34. The van der Waals surface area contributed by atoms with E-state index in [0.29, 0.717) is 17.9 Å². The molecular formula is C13H27ClN2O. The van der Waals surface area contributed by atoms with Gasteiger partial charge in [-0.1, -0.05) is 13.8 Å². The second-order valence-corrected chi connectivity index (χ2v) is 5.71. The van der Waals surface area contributed by atoms with Gasteiger partial charge < -0.3 is 10.6 Å². The quantitative estimate of drug-likeness (QED) is 0.748. The fourth-order valence-electron chi connectivity index (χ4n) is 2.27. The van der Waals surface area contributed by atoms with Crippen LogP contribution in [0.5, 0.6) is 0 Å². The first kappa shape index (κ1) is 16.7. The molecule has 102 valence electrons. The number of carbonyl (C=O) groups is 1. The van der Waals surface area contributed by atoms with Crippen LogP contribution in [0.25, 0.3) is 0 Å². The average molecular weight is 263 g/mol. The third kappa shape index (κ3) is 6.89. The topological polar surface area (TPSA) is 41.1 Å². The number of halogens is 1. The number of carbonyl (C=O) groups excluding carboxylic acids is 1. The molecule has 2 N–H and O–H groups in total. The normalized spacial score (nSPS) is 19.5. The van der Waals surface area contributed by atoms with Gasteiger partial charge in [0, 0.05) is 12.5 Å². The van der Waals surface area contributed by atoms with Gasteiger partial charge in [0.2, 0.25) is 5.91 Å². The van der Waals surface area contributed by atoms with Crippen LogP contribution in [-0.4, -0.2) is 25.5 Å². The van der Waals surface area contributed by atoms with Crippen molar-refractivity contribution in [3.8, 4) is 0 Å². The first-order valence-electron chi connectivity index (χ1n) is 6.47. The summed E-state index contributed by atoms with van der Waals surface area (Å²) in [7, 11) is 1.92. The van der Waals surface area contributed by atoms with E-state index in [2.05, 4.69) is 24.5 Å². The SMILES string of the molecule is CNCCCC(=O)NC1CCC(C)(C)CC1.Cl. The summed E-state index contributed by atoms with van der Waals surface area (Å²) in [6.45, 7) is 5.56. The van der Waals surface area contributed by atoms with E-state index in [-0.39, 0.29) is 18.3 Å². The Bertz CT molecular complexity index is 221. The van der Waals surface area contributed by atoms with Gasteiger partial charge in [-0.25, -0.2) is 0 Å². The summed E-state index contributed by atoms with van der Waals surface area (Å²) in [5.41, 5.74) is 0.480. The van der Waals surface area contributed by atoms with Crippen molar-refractivity contribution in [1.29, 1.82) is 0 Å². The maximum absolute atomic E-state index is 11.6. The van der Waals surface area contributed by atoms with Crippen molar-refractivity contribution in [2.75, 3.05) is 13.6 Å². The summed E-state index contributed by atoms with van der Waals surface area (Å²) in [5, 5.41) is 6.21. The molecule has 0 saturated heterocycles. The van der Waals surface area contributed by atoms with Crippen LogP contribution in [0.3, 0.4) is 0 Å². The van der Waals surface area contributed by atoms with Gasteiger partial charge >= 0.3 is 0 Å². The smallest absolute Gasteiger partial charge is 0.220 e. The minimum Gasteiger partial charge on any atom is -0.353 e. The lowest BCUT2D eigenvalue weighted by molar-refractivity contribution is -0.122. The molecule has 1 fully saturated rings. The van der Waals surface area contributed by atoms with Crippen molar-refractivity contribution in [2.24, 2.45) is 5.41 Å². The standard InChI is InChI=1S/C13H26N2O.ClH/c1-13(2)8-6-11(7-9-13)15-12(16)5-4-10-14-3;/h11,14H,4-10H2,1-3H3,(H,15,16);1H.